The van der Waals surface area contributed by atoms with Gasteiger partial charge in [-0.25, -0.2) is 0 Å². The Morgan fingerprint density at radius 3 is 2.73 bits per heavy atom. The predicted molar refractivity (Wildman–Crippen MR) is 103 cm³/mol. The Kier molecular flexibility index (Phi) is 5.78. The van der Waals surface area contributed by atoms with Crippen molar-refractivity contribution in [1.82, 2.24) is 14.8 Å². The second-order valence-electron chi connectivity index (χ2n) is 6.09. The number of aromatic nitrogens is 3. The van der Waals surface area contributed by atoms with Crippen molar-refractivity contribution in [2.75, 3.05) is 11.1 Å². The molecule has 0 aliphatic carbocycles. The molecule has 0 aliphatic heterocycles. The monoisotopic (exact) mass is 370 g/mol. The molecule has 0 saturated heterocycles. The number of carbonyl (C=O) groups excluding carboxylic acids is 1. The summed E-state index contributed by atoms with van der Waals surface area (Å²) in [5, 5.41) is 12.2. The molecule has 3 aromatic rings. The normalized spacial score (nSPS) is 11.1. The van der Waals surface area contributed by atoms with E-state index in [4.69, 9.17) is 4.42 Å². The lowest BCUT2D eigenvalue weighted by atomic mass is 10.1. The molecule has 3 rings (SSSR count). The summed E-state index contributed by atoms with van der Waals surface area (Å²) in [6.45, 7) is 6.18. The van der Waals surface area contributed by atoms with Gasteiger partial charge in [-0.15, -0.1) is 10.2 Å². The van der Waals surface area contributed by atoms with Crippen LogP contribution in [-0.2, 0) is 11.2 Å². The molecule has 6 nitrogen and oxygen atoms in total. The van der Waals surface area contributed by atoms with Crippen LogP contribution in [0.25, 0.3) is 11.6 Å². The molecule has 2 heterocycles. The maximum absolute atomic E-state index is 12.4. The fourth-order valence-corrected chi connectivity index (χ4v) is 3.55. The fourth-order valence-electron chi connectivity index (χ4n) is 2.68. The van der Waals surface area contributed by atoms with Crippen LogP contribution in [0.5, 0.6) is 0 Å². The van der Waals surface area contributed by atoms with Crippen molar-refractivity contribution in [2.45, 2.75) is 38.4 Å². The highest BCUT2D eigenvalue weighted by molar-refractivity contribution is 7.99. The van der Waals surface area contributed by atoms with Crippen LogP contribution >= 0.6 is 11.8 Å². The zero-order valence-electron chi connectivity index (χ0n) is 15.1. The van der Waals surface area contributed by atoms with E-state index in [-0.39, 0.29) is 17.7 Å². The molecule has 0 saturated carbocycles. The molecule has 0 radical (unpaired) electrons. The molecular formula is C19H22N4O2S. The Morgan fingerprint density at radius 2 is 2.04 bits per heavy atom. The van der Waals surface area contributed by atoms with Gasteiger partial charge in [0.15, 0.2) is 10.9 Å². The number of nitrogens with one attached hydrogen (secondary N) is 1. The first-order valence-electron chi connectivity index (χ1n) is 8.59. The van der Waals surface area contributed by atoms with Gasteiger partial charge in [-0.05, 0) is 44.0 Å². The molecule has 1 amide bonds. The first-order valence-corrected chi connectivity index (χ1v) is 9.58. The molecule has 0 unspecified atom stereocenters. The third-order valence-electron chi connectivity index (χ3n) is 3.93. The number of hydrogen-bond donors (Lipinski definition) is 1. The van der Waals surface area contributed by atoms with Crippen LogP contribution in [0.3, 0.4) is 0 Å². The minimum atomic E-state index is -0.0613. The van der Waals surface area contributed by atoms with E-state index in [2.05, 4.69) is 36.3 Å². The van der Waals surface area contributed by atoms with Gasteiger partial charge in [0.05, 0.1) is 12.0 Å². The lowest BCUT2D eigenvalue weighted by Crippen LogP contribution is -2.16. The van der Waals surface area contributed by atoms with Crippen LogP contribution < -0.4 is 5.32 Å². The van der Waals surface area contributed by atoms with E-state index in [1.807, 2.05) is 41.0 Å². The largest absolute Gasteiger partial charge is 0.461 e. The number of thioether (sulfide) groups is 1. The molecule has 7 heteroatoms. The quantitative estimate of drug-likeness (QED) is 0.624. The number of carbonyl (C=O) groups is 1. The first kappa shape index (κ1) is 18.3. The van der Waals surface area contributed by atoms with E-state index in [1.54, 1.807) is 6.26 Å². The minimum absolute atomic E-state index is 0.0613. The molecule has 0 atom stereocenters. The number of hydrogen-bond acceptors (Lipinski definition) is 5. The number of furan rings is 1. The third-order valence-corrected chi connectivity index (χ3v) is 4.87. The second-order valence-corrected chi connectivity index (χ2v) is 7.04. The molecule has 0 bridgehead atoms. The van der Waals surface area contributed by atoms with Gasteiger partial charge < -0.3 is 9.73 Å². The number of aryl methyl sites for hydroxylation is 1. The number of para-hydroxylation sites is 1. The summed E-state index contributed by atoms with van der Waals surface area (Å²) in [7, 11) is 0. The van der Waals surface area contributed by atoms with Gasteiger partial charge in [0.1, 0.15) is 0 Å². The fraction of sp³-hybridized carbons (Fsp3) is 0.316. The Bertz CT molecular complexity index is 872. The molecule has 1 aromatic carbocycles. The van der Waals surface area contributed by atoms with Crippen LogP contribution in [0, 0.1) is 0 Å². The Hall–Kier alpha value is -2.54. The number of anilines is 1. The van der Waals surface area contributed by atoms with Gasteiger partial charge in [0.25, 0.3) is 0 Å². The highest BCUT2D eigenvalue weighted by Crippen LogP contribution is 2.28. The summed E-state index contributed by atoms with van der Waals surface area (Å²) in [4.78, 5) is 12.4. The van der Waals surface area contributed by atoms with Gasteiger partial charge in [0, 0.05) is 11.7 Å². The summed E-state index contributed by atoms with van der Waals surface area (Å²) < 4.78 is 7.42. The average molecular weight is 370 g/mol. The maximum Gasteiger partial charge on any atom is 0.234 e. The van der Waals surface area contributed by atoms with Crippen LogP contribution in [0.15, 0.2) is 52.2 Å². The molecule has 1 N–H and O–H groups in total. The van der Waals surface area contributed by atoms with Crippen molar-refractivity contribution >= 4 is 23.4 Å². The number of amides is 1. The predicted octanol–water partition coefficient (Wildman–Crippen LogP) is 4.41. The topological polar surface area (TPSA) is 73.0 Å². The summed E-state index contributed by atoms with van der Waals surface area (Å²) in [6.07, 6.45) is 2.48. The third kappa shape index (κ3) is 3.99. The number of nitrogens with zero attached hydrogens (tertiary/aromatic N) is 3. The zero-order valence-corrected chi connectivity index (χ0v) is 15.9. The van der Waals surface area contributed by atoms with Crippen LogP contribution in [0.4, 0.5) is 5.69 Å². The van der Waals surface area contributed by atoms with Crippen LogP contribution in [0.1, 0.15) is 32.4 Å². The second kappa shape index (κ2) is 8.23. The number of rotatable bonds is 7. The summed E-state index contributed by atoms with van der Waals surface area (Å²) in [5.74, 6) is 1.54. The van der Waals surface area contributed by atoms with Crippen molar-refractivity contribution in [3.63, 3.8) is 0 Å². The first-order chi connectivity index (χ1) is 12.6. The summed E-state index contributed by atoms with van der Waals surface area (Å²) in [6, 6.07) is 11.7. The molecule has 26 heavy (non-hydrogen) atoms. The molecule has 0 spiro atoms. The van der Waals surface area contributed by atoms with Crippen molar-refractivity contribution in [1.29, 1.82) is 0 Å². The van der Waals surface area contributed by atoms with E-state index >= 15 is 0 Å². The standard InChI is InChI=1S/C19H22N4O2S/c1-4-14-8-5-6-9-15(14)20-17(24)12-26-19-22-21-18(23(19)13(2)3)16-10-7-11-25-16/h5-11,13H,4,12H2,1-3H3,(H,20,24). The van der Waals surface area contributed by atoms with E-state index in [9.17, 15) is 4.79 Å². The van der Waals surface area contributed by atoms with Gasteiger partial charge in [-0.3, -0.25) is 9.36 Å². The van der Waals surface area contributed by atoms with Crippen molar-refractivity contribution in [2.24, 2.45) is 0 Å². The van der Waals surface area contributed by atoms with Gasteiger partial charge in [-0.2, -0.15) is 0 Å². The lowest BCUT2D eigenvalue weighted by Gasteiger charge is -2.13. The van der Waals surface area contributed by atoms with E-state index < -0.39 is 0 Å². The number of benzene rings is 1. The Balaban J connectivity index is 1.71. The van der Waals surface area contributed by atoms with Crippen molar-refractivity contribution in [3.8, 4) is 11.6 Å². The highest BCUT2D eigenvalue weighted by Gasteiger charge is 2.19. The van der Waals surface area contributed by atoms with Gasteiger partial charge >= 0.3 is 0 Å². The average Bonchev–Trinajstić information content (AvgIpc) is 3.29. The van der Waals surface area contributed by atoms with E-state index in [1.165, 1.54) is 11.8 Å². The SMILES string of the molecule is CCc1ccccc1NC(=O)CSc1nnc(-c2ccco2)n1C(C)C. The van der Waals surface area contributed by atoms with Crippen molar-refractivity contribution in [3.05, 3.63) is 48.2 Å². The Morgan fingerprint density at radius 1 is 1.23 bits per heavy atom. The molecule has 136 valence electrons. The lowest BCUT2D eigenvalue weighted by molar-refractivity contribution is -0.113. The molecule has 0 aliphatic rings. The van der Waals surface area contributed by atoms with E-state index in [0.29, 0.717) is 16.7 Å². The van der Waals surface area contributed by atoms with Crippen LogP contribution in [0.2, 0.25) is 0 Å². The smallest absolute Gasteiger partial charge is 0.234 e. The minimum Gasteiger partial charge on any atom is -0.461 e. The van der Waals surface area contributed by atoms with Crippen LogP contribution in [-0.4, -0.2) is 26.4 Å². The summed E-state index contributed by atoms with van der Waals surface area (Å²) in [5.41, 5.74) is 1.98. The zero-order chi connectivity index (χ0) is 18.5. The maximum atomic E-state index is 12.4. The van der Waals surface area contributed by atoms with Crippen molar-refractivity contribution < 1.29 is 9.21 Å². The molecular weight excluding hydrogens is 348 g/mol. The molecule has 0 fully saturated rings. The van der Waals surface area contributed by atoms with Gasteiger partial charge in [0.2, 0.25) is 11.7 Å². The Labute approximate surface area is 157 Å². The van der Waals surface area contributed by atoms with E-state index in [0.717, 1.165) is 17.7 Å². The summed E-state index contributed by atoms with van der Waals surface area (Å²) >= 11 is 1.37. The van der Waals surface area contributed by atoms with Gasteiger partial charge in [-0.1, -0.05) is 36.9 Å². The highest BCUT2D eigenvalue weighted by atomic mass is 32.2. The molecule has 2 aromatic heterocycles.